The molecule has 6 nitrogen and oxygen atoms in total. The highest BCUT2D eigenvalue weighted by Gasteiger charge is 2.12. The van der Waals surface area contributed by atoms with E-state index in [0.29, 0.717) is 0 Å². The van der Waals surface area contributed by atoms with Gasteiger partial charge in [-0.1, -0.05) is 0 Å². The number of aromatic nitrogens is 4. The van der Waals surface area contributed by atoms with Crippen molar-refractivity contribution in [1.29, 1.82) is 0 Å². The molecule has 7 heteroatoms. The maximum Gasteiger partial charge on any atom is 0.241 e. The van der Waals surface area contributed by atoms with Gasteiger partial charge in [-0.15, -0.1) is 10.2 Å². The van der Waals surface area contributed by atoms with Crippen LogP contribution in [0.4, 0.5) is 10.3 Å². The number of halogens is 1. The summed E-state index contributed by atoms with van der Waals surface area (Å²) in [7, 11) is 0. The molecule has 0 saturated carbocycles. The molecule has 0 unspecified atom stereocenters. The van der Waals surface area contributed by atoms with E-state index in [1.165, 1.54) is 12.3 Å². The van der Waals surface area contributed by atoms with Gasteiger partial charge in [-0.3, -0.25) is 4.98 Å². The molecule has 14 heavy (non-hydrogen) atoms. The van der Waals surface area contributed by atoms with Crippen LogP contribution in [0.25, 0.3) is 11.4 Å². The summed E-state index contributed by atoms with van der Waals surface area (Å²) in [5, 5.41) is 7.15. The van der Waals surface area contributed by atoms with Crippen LogP contribution in [0.15, 0.2) is 18.5 Å². The molecule has 0 radical (unpaired) electrons. The van der Waals surface area contributed by atoms with Crippen LogP contribution < -0.4 is 11.6 Å². The van der Waals surface area contributed by atoms with Gasteiger partial charge in [0.05, 0.1) is 11.8 Å². The second-order valence-electron chi connectivity index (χ2n) is 2.61. The summed E-state index contributed by atoms with van der Waals surface area (Å²) in [6.45, 7) is 0. The fourth-order valence-corrected chi connectivity index (χ4v) is 1.04. The Balaban J connectivity index is 2.60. The lowest BCUT2D eigenvalue weighted by Gasteiger charge is -2.01. The van der Waals surface area contributed by atoms with E-state index in [-0.39, 0.29) is 17.3 Å². The van der Waals surface area contributed by atoms with Crippen LogP contribution in [0.1, 0.15) is 0 Å². The van der Waals surface area contributed by atoms with Gasteiger partial charge >= 0.3 is 0 Å². The molecule has 72 valence electrons. The number of pyridine rings is 1. The molecule has 0 aliphatic rings. The van der Waals surface area contributed by atoms with Crippen molar-refractivity contribution in [2.75, 3.05) is 11.6 Å². The number of hydrogen-bond acceptors (Lipinski definition) is 5. The Kier molecular flexibility index (Phi) is 1.77. The predicted octanol–water partition coefficient (Wildman–Crippen LogP) is -0.225. The zero-order chi connectivity index (χ0) is 10.1. The molecule has 2 aromatic heterocycles. The van der Waals surface area contributed by atoms with Crippen LogP contribution >= 0.6 is 0 Å². The Labute approximate surface area is 78.4 Å². The van der Waals surface area contributed by atoms with E-state index in [9.17, 15) is 4.39 Å². The summed E-state index contributed by atoms with van der Waals surface area (Å²) in [6, 6.07) is 1.45. The third-order valence-electron chi connectivity index (χ3n) is 1.74. The number of hydrogen-bond donors (Lipinski definition) is 2. The monoisotopic (exact) mass is 194 g/mol. The van der Waals surface area contributed by atoms with Gasteiger partial charge in [-0.2, -0.15) is 0 Å². The fourth-order valence-electron chi connectivity index (χ4n) is 1.04. The highest BCUT2D eigenvalue weighted by atomic mass is 19.1. The lowest BCUT2D eigenvalue weighted by Crippen LogP contribution is -2.13. The van der Waals surface area contributed by atoms with Crippen LogP contribution in [-0.4, -0.2) is 19.9 Å². The molecule has 0 saturated heterocycles. The SMILES string of the molecule is Nc1nnc(-c2ccncc2F)n1N. The number of nitrogens with two attached hydrogens (primary N) is 2. The number of rotatable bonds is 1. The Morgan fingerprint density at radius 3 is 2.71 bits per heavy atom. The Morgan fingerprint density at radius 2 is 2.14 bits per heavy atom. The van der Waals surface area contributed by atoms with Crippen molar-refractivity contribution in [2.45, 2.75) is 0 Å². The van der Waals surface area contributed by atoms with Crippen LogP contribution in [0.3, 0.4) is 0 Å². The smallest absolute Gasteiger partial charge is 0.241 e. The van der Waals surface area contributed by atoms with Gasteiger partial charge in [0.25, 0.3) is 0 Å². The molecule has 0 fully saturated rings. The molecule has 2 heterocycles. The van der Waals surface area contributed by atoms with Crippen molar-refractivity contribution in [3.8, 4) is 11.4 Å². The number of nitrogen functional groups attached to an aromatic ring is 2. The molecular formula is C7H7FN6. The quantitative estimate of drug-likeness (QED) is 0.611. The van der Waals surface area contributed by atoms with Crippen molar-refractivity contribution in [1.82, 2.24) is 19.9 Å². The van der Waals surface area contributed by atoms with Crippen LogP contribution in [0.5, 0.6) is 0 Å². The molecule has 0 atom stereocenters. The summed E-state index contributed by atoms with van der Waals surface area (Å²) < 4.78 is 14.2. The summed E-state index contributed by atoms with van der Waals surface area (Å²) in [5.74, 6) is 5.15. The second kappa shape index (κ2) is 2.95. The molecule has 0 aromatic carbocycles. The van der Waals surface area contributed by atoms with E-state index >= 15 is 0 Å². The van der Waals surface area contributed by atoms with Crippen molar-refractivity contribution >= 4 is 5.95 Å². The number of nitrogens with zero attached hydrogens (tertiary/aromatic N) is 4. The van der Waals surface area contributed by atoms with E-state index in [2.05, 4.69) is 15.2 Å². The van der Waals surface area contributed by atoms with Crippen LogP contribution in [0.2, 0.25) is 0 Å². The maximum absolute atomic E-state index is 13.2. The van der Waals surface area contributed by atoms with E-state index in [0.717, 1.165) is 10.9 Å². The zero-order valence-corrected chi connectivity index (χ0v) is 7.05. The second-order valence-corrected chi connectivity index (χ2v) is 2.61. The first-order chi connectivity index (χ1) is 6.70. The van der Waals surface area contributed by atoms with E-state index in [4.69, 9.17) is 11.6 Å². The average Bonchev–Trinajstić information content (AvgIpc) is 2.49. The van der Waals surface area contributed by atoms with Crippen molar-refractivity contribution in [3.63, 3.8) is 0 Å². The topological polar surface area (TPSA) is 95.6 Å². The minimum atomic E-state index is -0.522. The number of anilines is 1. The van der Waals surface area contributed by atoms with E-state index in [1.54, 1.807) is 0 Å². The van der Waals surface area contributed by atoms with E-state index in [1.807, 2.05) is 0 Å². The van der Waals surface area contributed by atoms with Gasteiger partial charge in [-0.25, -0.2) is 9.07 Å². The molecule has 0 aliphatic heterocycles. The van der Waals surface area contributed by atoms with Crippen molar-refractivity contribution in [3.05, 3.63) is 24.3 Å². The standard InChI is InChI=1S/C7H7FN6/c8-5-3-11-2-1-4(5)6-12-13-7(9)14(6)10/h1-3H,10H2,(H2,9,13). The van der Waals surface area contributed by atoms with E-state index < -0.39 is 5.82 Å². The van der Waals surface area contributed by atoms with Gasteiger partial charge in [0.2, 0.25) is 5.95 Å². The summed E-state index contributed by atoms with van der Waals surface area (Å²) in [5.41, 5.74) is 5.57. The highest BCUT2D eigenvalue weighted by molar-refractivity contribution is 5.56. The summed E-state index contributed by atoms with van der Waals surface area (Å²) in [4.78, 5) is 3.60. The van der Waals surface area contributed by atoms with Gasteiger partial charge in [0, 0.05) is 6.20 Å². The zero-order valence-electron chi connectivity index (χ0n) is 7.05. The van der Waals surface area contributed by atoms with Crippen molar-refractivity contribution in [2.24, 2.45) is 0 Å². The largest absolute Gasteiger partial charge is 0.366 e. The van der Waals surface area contributed by atoms with Gasteiger partial charge in [-0.05, 0) is 6.07 Å². The molecule has 0 amide bonds. The fraction of sp³-hybridized carbons (Fsp3) is 0. The van der Waals surface area contributed by atoms with Gasteiger partial charge in [0.1, 0.15) is 0 Å². The predicted molar refractivity (Wildman–Crippen MR) is 47.8 cm³/mol. The Morgan fingerprint density at radius 1 is 1.36 bits per heavy atom. The first-order valence-electron chi connectivity index (χ1n) is 3.76. The van der Waals surface area contributed by atoms with Gasteiger partial charge in [0.15, 0.2) is 11.6 Å². The molecule has 0 spiro atoms. The molecule has 2 aromatic rings. The lowest BCUT2D eigenvalue weighted by molar-refractivity contribution is 0.623. The Bertz CT molecular complexity index is 465. The average molecular weight is 194 g/mol. The van der Waals surface area contributed by atoms with Crippen LogP contribution in [-0.2, 0) is 0 Å². The molecule has 2 rings (SSSR count). The summed E-state index contributed by atoms with van der Waals surface area (Å²) in [6.07, 6.45) is 2.50. The minimum Gasteiger partial charge on any atom is -0.366 e. The molecule has 0 aliphatic carbocycles. The molecule has 4 N–H and O–H groups in total. The maximum atomic E-state index is 13.2. The molecule has 0 bridgehead atoms. The van der Waals surface area contributed by atoms with Crippen LogP contribution in [0, 0.1) is 5.82 Å². The third kappa shape index (κ3) is 1.15. The minimum absolute atomic E-state index is 0.0243. The van der Waals surface area contributed by atoms with Crippen molar-refractivity contribution < 1.29 is 4.39 Å². The third-order valence-corrected chi connectivity index (χ3v) is 1.74. The van der Waals surface area contributed by atoms with Gasteiger partial charge < -0.3 is 11.6 Å². The molecular weight excluding hydrogens is 187 g/mol. The normalized spacial score (nSPS) is 10.4. The first-order valence-corrected chi connectivity index (χ1v) is 3.76. The highest BCUT2D eigenvalue weighted by Crippen LogP contribution is 2.18. The lowest BCUT2D eigenvalue weighted by atomic mass is 10.2. The first kappa shape index (κ1) is 8.42. The Hall–Kier alpha value is -2.18. The summed E-state index contributed by atoms with van der Waals surface area (Å²) >= 11 is 0.